The first-order valence-corrected chi connectivity index (χ1v) is 6.96. The third-order valence-electron chi connectivity index (χ3n) is 3.77. The molecule has 0 radical (unpaired) electrons. The van der Waals surface area contributed by atoms with Gasteiger partial charge in [0.25, 0.3) is 0 Å². The second-order valence-corrected chi connectivity index (χ2v) is 5.31. The maximum absolute atomic E-state index is 10.6. The lowest BCUT2D eigenvalue weighted by molar-refractivity contribution is -0.00892. The molecule has 3 N–H and O–H groups in total. The Hall–Kier alpha value is -1.14. The highest BCUT2D eigenvalue weighted by Crippen LogP contribution is 2.37. The van der Waals surface area contributed by atoms with Gasteiger partial charge in [-0.15, -0.1) is 0 Å². The molecule has 1 aromatic rings. The van der Waals surface area contributed by atoms with E-state index in [2.05, 4.69) is 0 Å². The molecule has 112 valence electrons. The smallest absolute Gasteiger partial charge is 0.128 e. The maximum Gasteiger partial charge on any atom is 0.128 e. The highest BCUT2D eigenvalue weighted by atomic mass is 16.5. The van der Waals surface area contributed by atoms with Gasteiger partial charge in [-0.3, -0.25) is 4.90 Å². The molecule has 2 unspecified atom stereocenters. The van der Waals surface area contributed by atoms with Crippen LogP contribution >= 0.6 is 0 Å². The summed E-state index contributed by atoms with van der Waals surface area (Å²) in [5.74, 6) is 0.757. The molecule has 2 rings (SSSR count). The Morgan fingerprint density at radius 2 is 1.85 bits per heavy atom. The van der Waals surface area contributed by atoms with Crippen LogP contribution in [0, 0.1) is 13.8 Å². The number of nitrogens with zero attached hydrogens (tertiary/aromatic N) is 1. The monoisotopic (exact) mass is 281 g/mol. The van der Waals surface area contributed by atoms with E-state index in [-0.39, 0.29) is 19.3 Å². The SMILES string of the molecule is Cc1cc(C)c2c(c1)C(O)C(N(CCO)CCO)CO2. The van der Waals surface area contributed by atoms with Crippen LogP contribution in [0.5, 0.6) is 5.75 Å². The van der Waals surface area contributed by atoms with Gasteiger partial charge >= 0.3 is 0 Å². The van der Waals surface area contributed by atoms with E-state index in [1.165, 1.54) is 0 Å². The lowest BCUT2D eigenvalue weighted by atomic mass is 9.94. The zero-order chi connectivity index (χ0) is 14.7. The van der Waals surface area contributed by atoms with Gasteiger partial charge in [-0.1, -0.05) is 11.6 Å². The van der Waals surface area contributed by atoms with Gasteiger partial charge in [-0.2, -0.15) is 0 Å². The summed E-state index contributed by atoms with van der Waals surface area (Å²) in [7, 11) is 0. The Balaban J connectivity index is 2.28. The maximum atomic E-state index is 10.6. The molecule has 5 nitrogen and oxygen atoms in total. The summed E-state index contributed by atoms with van der Waals surface area (Å²) in [5.41, 5.74) is 2.90. The molecule has 1 aliphatic heterocycles. The van der Waals surface area contributed by atoms with Gasteiger partial charge in [0.2, 0.25) is 0 Å². The van der Waals surface area contributed by atoms with Crippen molar-refractivity contribution in [3.05, 3.63) is 28.8 Å². The molecule has 1 aromatic carbocycles. The summed E-state index contributed by atoms with van der Waals surface area (Å²) >= 11 is 0. The lowest BCUT2D eigenvalue weighted by Crippen LogP contribution is -2.48. The molecule has 0 aromatic heterocycles. The standard InChI is InChI=1S/C15H23NO4/c1-10-7-11(2)15-12(8-10)14(19)13(9-20-15)16(3-5-17)4-6-18/h7-8,13-14,17-19H,3-6,9H2,1-2H3. The molecule has 2 atom stereocenters. The van der Waals surface area contributed by atoms with Crippen molar-refractivity contribution < 1.29 is 20.1 Å². The van der Waals surface area contributed by atoms with Crippen LogP contribution in [0.1, 0.15) is 22.8 Å². The predicted molar refractivity (Wildman–Crippen MR) is 75.9 cm³/mol. The van der Waals surface area contributed by atoms with Crippen molar-refractivity contribution in [2.45, 2.75) is 26.0 Å². The Bertz CT molecular complexity index is 457. The Morgan fingerprint density at radius 3 is 2.45 bits per heavy atom. The van der Waals surface area contributed by atoms with Crippen LogP contribution in [0.3, 0.4) is 0 Å². The second-order valence-electron chi connectivity index (χ2n) is 5.31. The van der Waals surface area contributed by atoms with Gasteiger partial charge < -0.3 is 20.1 Å². The number of hydrogen-bond donors (Lipinski definition) is 3. The lowest BCUT2D eigenvalue weighted by Gasteiger charge is -2.38. The van der Waals surface area contributed by atoms with Crippen molar-refractivity contribution in [1.29, 1.82) is 0 Å². The van der Waals surface area contributed by atoms with Gasteiger partial charge in [0, 0.05) is 18.7 Å². The van der Waals surface area contributed by atoms with Gasteiger partial charge in [0.1, 0.15) is 18.5 Å². The van der Waals surface area contributed by atoms with Crippen molar-refractivity contribution in [3.63, 3.8) is 0 Å². The average Bonchev–Trinajstić information content (AvgIpc) is 2.40. The number of aliphatic hydroxyl groups is 3. The van der Waals surface area contributed by atoms with Crippen LogP contribution in [0.15, 0.2) is 12.1 Å². The molecule has 1 heterocycles. The van der Waals surface area contributed by atoms with Crippen LogP contribution < -0.4 is 4.74 Å². The number of aliphatic hydroxyl groups excluding tert-OH is 3. The van der Waals surface area contributed by atoms with E-state index in [0.29, 0.717) is 19.7 Å². The van der Waals surface area contributed by atoms with E-state index >= 15 is 0 Å². The van der Waals surface area contributed by atoms with Crippen molar-refractivity contribution in [2.75, 3.05) is 32.9 Å². The van der Waals surface area contributed by atoms with E-state index in [1.807, 2.05) is 30.9 Å². The molecule has 0 spiro atoms. The fourth-order valence-electron chi connectivity index (χ4n) is 2.88. The summed E-state index contributed by atoms with van der Waals surface area (Å²) in [6, 6.07) is 3.73. The third kappa shape index (κ3) is 2.96. The highest BCUT2D eigenvalue weighted by Gasteiger charge is 2.34. The molecule has 0 bridgehead atoms. The fourth-order valence-corrected chi connectivity index (χ4v) is 2.88. The number of rotatable bonds is 5. The minimum atomic E-state index is -0.671. The largest absolute Gasteiger partial charge is 0.491 e. The Morgan fingerprint density at radius 1 is 1.20 bits per heavy atom. The van der Waals surface area contributed by atoms with E-state index in [1.54, 1.807) is 0 Å². The molecule has 0 amide bonds. The van der Waals surface area contributed by atoms with Crippen LogP contribution in [0.2, 0.25) is 0 Å². The summed E-state index contributed by atoms with van der Waals surface area (Å²) in [6.45, 7) is 5.11. The first-order valence-electron chi connectivity index (χ1n) is 6.96. The minimum absolute atomic E-state index is 0.0110. The number of ether oxygens (including phenoxy) is 1. The minimum Gasteiger partial charge on any atom is -0.491 e. The van der Waals surface area contributed by atoms with E-state index in [4.69, 9.17) is 14.9 Å². The number of fused-ring (bicyclic) bond motifs is 1. The topological polar surface area (TPSA) is 73.2 Å². The second kappa shape index (κ2) is 6.54. The van der Waals surface area contributed by atoms with E-state index in [9.17, 15) is 5.11 Å². The summed E-state index contributed by atoms with van der Waals surface area (Å²) in [4.78, 5) is 1.87. The summed E-state index contributed by atoms with van der Waals surface area (Å²) < 4.78 is 5.80. The molecule has 0 fully saturated rings. The summed E-state index contributed by atoms with van der Waals surface area (Å²) in [5, 5.41) is 28.8. The van der Waals surface area contributed by atoms with Crippen molar-refractivity contribution in [3.8, 4) is 5.75 Å². The van der Waals surface area contributed by atoms with Crippen LogP contribution in [-0.4, -0.2) is 59.2 Å². The molecular weight excluding hydrogens is 258 g/mol. The van der Waals surface area contributed by atoms with Gasteiger partial charge in [0.15, 0.2) is 0 Å². The van der Waals surface area contributed by atoms with Crippen LogP contribution in [-0.2, 0) is 0 Å². The normalized spacial score (nSPS) is 21.7. The van der Waals surface area contributed by atoms with Crippen molar-refractivity contribution in [1.82, 2.24) is 4.90 Å². The van der Waals surface area contributed by atoms with Crippen LogP contribution in [0.25, 0.3) is 0 Å². The Labute approximate surface area is 119 Å². The number of hydrogen-bond acceptors (Lipinski definition) is 5. The molecule has 20 heavy (non-hydrogen) atoms. The molecule has 0 aliphatic carbocycles. The molecular formula is C15H23NO4. The van der Waals surface area contributed by atoms with E-state index in [0.717, 1.165) is 22.4 Å². The van der Waals surface area contributed by atoms with Crippen molar-refractivity contribution >= 4 is 0 Å². The quantitative estimate of drug-likeness (QED) is 0.728. The van der Waals surface area contributed by atoms with Gasteiger partial charge in [0.05, 0.1) is 19.3 Å². The number of aryl methyl sites for hydroxylation is 2. The molecule has 0 saturated heterocycles. The zero-order valence-corrected chi connectivity index (χ0v) is 12.0. The first kappa shape index (κ1) is 15.3. The predicted octanol–water partition coefficient (Wildman–Crippen LogP) is 0.384. The fraction of sp³-hybridized carbons (Fsp3) is 0.600. The summed E-state index contributed by atoms with van der Waals surface area (Å²) in [6.07, 6.45) is -0.671. The van der Waals surface area contributed by atoms with E-state index < -0.39 is 6.10 Å². The molecule has 0 saturated carbocycles. The highest BCUT2D eigenvalue weighted by molar-refractivity contribution is 5.46. The van der Waals surface area contributed by atoms with Crippen molar-refractivity contribution in [2.24, 2.45) is 0 Å². The average molecular weight is 281 g/mol. The zero-order valence-electron chi connectivity index (χ0n) is 12.0. The molecule has 1 aliphatic rings. The van der Waals surface area contributed by atoms with Gasteiger partial charge in [-0.05, 0) is 25.5 Å². The first-order chi connectivity index (χ1) is 9.58. The van der Waals surface area contributed by atoms with Crippen LogP contribution in [0.4, 0.5) is 0 Å². The van der Waals surface area contributed by atoms with Gasteiger partial charge in [-0.25, -0.2) is 0 Å². The number of benzene rings is 1. The third-order valence-corrected chi connectivity index (χ3v) is 3.77. The molecule has 5 heteroatoms. The Kier molecular flexibility index (Phi) is 4.99.